The van der Waals surface area contributed by atoms with E-state index in [4.69, 9.17) is 13.8 Å². The molecule has 36 heavy (non-hydrogen) atoms. The summed E-state index contributed by atoms with van der Waals surface area (Å²) in [5.74, 6) is 1.68. The molecule has 0 radical (unpaired) electrons. The fourth-order valence-corrected chi connectivity index (χ4v) is 5.11. The van der Waals surface area contributed by atoms with Crippen LogP contribution >= 0.6 is 7.82 Å². The molecular weight excluding hydrogens is 481 g/mol. The van der Waals surface area contributed by atoms with Crippen molar-refractivity contribution in [1.82, 2.24) is 0 Å². The van der Waals surface area contributed by atoms with Crippen LogP contribution in [0.3, 0.4) is 0 Å². The van der Waals surface area contributed by atoms with Crippen molar-refractivity contribution in [3.05, 3.63) is 0 Å². The predicted molar refractivity (Wildman–Crippen MR) is 144 cm³/mol. The van der Waals surface area contributed by atoms with Gasteiger partial charge in [-0.15, -0.1) is 0 Å². The first-order valence-corrected chi connectivity index (χ1v) is 15.8. The quantitative estimate of drug-likeness (QED) is 0.0691. The van der Waals surface area contributed by atoms with E-state index in [1.54, 1.807) is 0 Å². The van der Waals surface area contributed by atoms with Crippen molar-refractivity contribution >= 4 is 13.8 Å². The van der Waals surface area contributed by atoms with E-state index in [2.05, 4.69) is 6.92 Å². The van der Waals surface area contributed by atoms with E-state index in [0.29, 0.717) is 17.4 Å². The topological polar surface area (TPSA) is 102 Å². The number of aliphatic hydroxyl groups excluding tert-OH is 1. The van der Waals surface area contributed by atoms with E-state index in [-0.39, 0.29) is 19.2 Å². The second-order valence-electron chi connectivity index (χ2n) is 11.6. The molecule has 0 spiro atoms. The summed E-state index contributed by atoms with van der Waals surface area (Å²) >= 11 is 0. The second-order valence-corrected chi connectivity index (χ2v) is 13.0. The number of phosphoric ester groups is 1. The molecule has 0 saturated heterocycles. The van der Waals surface area contributed by atoms with Crippen LogP contribution in [0.5, 0.6) is 0 Å². The van der Waals surface area contributed by atoms with Gasteiger partial charge in [-0.05, 0) is 24.7 Å². The zero-order valence-electron chi connectivity index (χ0n) is 23.5. The summed E-state index contributed by atoms with van der Waals surface area (Å²) in [6, 6.07) is 0. The first-order chi connectivity index (χ1) is 17.0. The Morgan fingerprint density at radius 1 is 0.889 bits per heavy atom. The van der Waals surface area contributed by atoms with Crippen molar-refractivity contribution in [2.45, 2.75) is 109 Å². The highest BCUT2D eigenvalue weighted by Crippen LogP contribution is 2.46. The summed E-state index contributed by atoms with van der Waals surface area (Å²) in [6.45, 7) is 2.16. The molecular formula is C27H55NO7P+. The second kappa shape index (κ2) is 18.7. The van der Waals surface area contributed by atoms with Gasteiger partial charge in [-0.2, -0.15) is 0 Å². The van der Waals surface area contributed by atoms with Crippen molar-refractivity contribution in [2.75, 3.05) is 47.5 Å². The molecule has 214 valence electrons. The summed E-state index contributed by atoms with van der Waals surface area (Å²) < 4.78 is 27.1. The Balaban J connectivity index is 1.90. The van der Waals surface area contributed by atoms with Crippen LogP contribution in [0.15, 0.2) is 0 Å². The number of rotatable bonds is 24. The fourth-order valence-electron chi connectivity index (χ4n) is 4.37. The van der Waals surface area contributed by atoms with Crippen LogP contribution < -0.4 is 0 Å². The number of aliphatic hydroxyl groups is 1. The maximum Gasteiger partial charge on any atom is 0.472 e. The number of nitrogens with zero attached hydrogens (tertiary/aromatic N) is 1. The number of hydrogen-bond donors (Lipinski definition) is 2. The number of esters is 1. The zero-order chi connectivity index (χ0) is 26.9. The van der Waals surface area contributed by atoms with E-state index in [1.807, 2.05) is 21.1 Å². The lowest BCUT2D eigenvalue weighted by molar-refractivity contribution is -0.870. The number of ether oxygens (including phenoxy) is 1. The molecule has 0 aliphatic heterocycles. The maximum atomic E-state index is 11.8. The molecule has 1 fully saturated rings. The number of carbonyl (C=O) groups excluding carboxylic acids is 1. The molecule has 9 heteroatoms. The molecule has 0 aromatic rings. The molecule has 0 heterocycles. The smallest absolute Gasteiger partial charge is 0.463 e. The fraction of sp³-hybridized carbons (Fsp3) is 0.963. The van der Waals surface area contributed by atoms with Gasteiger partial charge in [0, 0.05) is 6.42 Å². The van der Waals surface area contributed by atoms with Crippen molar-refractivity contribution in [3.63, 3.8) is 0 Å². The normalized spacial score (nSPS) is 20.2. The number of unbranched alkanes of at least 4 members (excludes halogenated alkanes) is 9. The number of phosphoric acid groups is 1. The van der Waals surface area contributed by atoms with E-state index in [9.17, 15) is 19.4 Å². The third-order valence-corrected chi connectivity index (χ3v) is 7.82. The lowest BCUT2D eigenvalue weighted by Crippen LogP contribution is -2.37. The average Bonchev–Trinajstić information content (AvgIpc) is 3.55. The summed E-state index contributed by atoms with van der Waals surface area (Å²) in [5.41, 5.74) is 0. The monoisotopic (exact) mass is 536 g/mol. The van der Waals surface area contributed by atoms with Gasteiger partial charge in [-0.1, -0.05) is 84.0 Å². The number of carbonyl (C=O) groups is 1. The number of quaternary nitrogens is 1. The van der Waals surface area contributed by atoms with Crippen LogP contribution in [0.4, 0.5) is 0 Å². The number of hydrogen-bond acceptors (Lipinski definition) is 6. The molecule has 1 aliphatic rings. The SMILES string of the molecule is CCCCCCC1CC1CCCCCCCCCC(=O)OC[C@H](O)COP(=O)(O)OCC[N+](C)(C)C. The maximum absolute atomic E-state index is 11.8. The Kier molecular flexibility index (Phi) is 17.4. The van der Waals surface area contributed by atoms with Crippen molar-refractivity contribution in [3.8, 4) is 0 Å². The minimum absolute atomic E-state index is 0.0580. The van der Waals surface area contributed by atoms with Gasteiger partial charge in [0.2, 0.25) is 0 Å². The minimum Gasteiger partial charge on any atom is -0.463 e. The molecule has 3 unspecified atom stereocenters. The Morgan fingerprint density at radius 3 is 2.03 bits per heavy atom. The summed E-state index contributed by atoms with van der Waals surface area (Å²) in [6.07, 6.45) is 17.1. The van der Waals surface area contributed by atoms with Crippen LogP contribution in [0.1, 0.15) is 103 Å². The highest BCUT2D eigenvalue weighted by molar-refractivity contribution is 7.47. The van der Waals surface area contributed by atoms with Gasteiger partial charge in [0.15, 0.2) is 0 Å². The van der Waals surface area contributed by atoms with E-state index < -0.39 is 20.5 Å². The van der Waals surface area contributed by atoms with Crippen molar-refractivity contribution in [2.24, 2.45) is 11.8 Å². The van der Waals surface area contributed by atoms with Crippen LogP contribution in [-0.4, -0.2) is 74.1 Å². The van der Waals surface area contributed by atoms with Crippen LogP contribution in [0.25, 0.3) is 0 Å². The van der Waals surface area contributed by atoms with Gasteiger partial charge in [0.1, 0.15) is 25.9 Å². The molecule has 0 amide bonds. The Bertz CT molecular complexity index is 626. The molecule has 1 aliphatic carbocycles. The van der Waals surface area contributed by atoms with Crippen LogP contribution in [-0.2, 0) is 23.1 Å². The highest BCUT2D eigenvalue weighted by Gasteiger charge is 2.35. The largest absolute Gasteiger partial charge is 0.472 e. The molecule has 0 bridgehead atoms. The Labute approximate surface area is 220 Å². The molecule has 0 aromatic heterocycles. The number of likely N-dealkylation sites (N-methyl/N-ethyl adjacent to an activating group) is 1. The first kappa shape index (κ1) is 33.5. The Hall–Kier alpha value is -0.500. The van der Waals surface area contributed by atoms with Crippen molar-refractivity contribution in [1.29, 1.82) is 0 Å². The van der Waals surface area contributed by atoms with E-state index in [1.165, 1.54) is 70.6 Å². The lowest BCUT2D eigenvalue weighted by Gasteiger charge is -2.24. The summed E-state index contributed by atoms with van der Waals surface area (Å²) in [5, 5.41) is 9.85. The third kappa shape index (κ3) is 19.6. The minimum atomic E-state index is -4.24. The van der Waals surface area contributed by atoms with E-state index >= 15 is 0 Å². The van der Waals surface area contributed by atoms with Crippen molar-refractivity contribution < 1.29 is 37.6 Å². The molecule has 4 atom stereocenters. The molecule has 1 rings (SSSR count). The van der Waals surface area contributed by atoms with Gasteiger partial charge < -0.3 is 19.2 Å². The highest BCUT2D eigenvalue weighted by atomic mass is 31.2. The van der Waals surface area contributed by atoms with Crippen LogP contribution in [0.2, 0.25) is 0 Å². The molecule has 2 N–H and O–H groups in total. The Morgan fingerprint density at radius 2 is 1.44 bits per heavy atom. The van der Waals surface area contributed by atoms with E-state index in [0.717, 1.165) is 31.1 Å². The third-order valence-electron chi connectivity index (χ3n) is 6.84. The zero-order valence-corrected chi connectivity index (χ0v) is 24.4. The molecule has 0 aromatic carbocycles. The van der Waals surface area contributed by atoms with Gasteiger partial charge >= 0.3 is 13.8 Å². The molecule has 1 saturated carbocycles. The molecule has 8 nitrogen and oxygen atoms in total. The predicted octanol–water partition coefficient (Wildman–Crippen LogP) is 5.85. The standard InChI is InChI=1S/C27H54NO7P/c1-5-6-7-13-16-24-21-25(24)17-14-11-9-8-10-12-15-18-27(30)33-22-26(29)23-35-36(31,32)34-20-19-28(2,3)4/h24-26,29H,5-23H2,1-4H3/p+1/t24?,25?,26-/m0/s1. The first-order valence-electron chi connectivity index (χ1n) is 14.3. The van der Waals surface area contributed by atoms with Crippen LogP contribution in [0, 0.1) is 11.8 Å². The van der Waals surface area contributed by atoms with Gasteiger partial charge in [-0.25, -0.2) is 4.57 Å². The lowest BCUT2D eigenvalue weighted by atomic mass is 10.0. The average molecular weight is 537 g/mol. The van der Waals surface area contributed by atoms with Gasteiger partial charge in [0.25, 0.3) is 0 Å². The summed E-state index contributed by atoms with van der Waals surface area (Å²) in [7, 11) is 1.57. The van der Waals surface area contributed by atoms with Gasteiger partial charge in [-0.3, -0.25) is 13.8 Å². The van der Waals surface area contributed by atoms with Gasteiger partial charge in [0.05, 0.1) is 27.7 Å². The summed E-state index contributed by atoms with van der Waals surface area (Å²) in [4.78, 5) is 21.5.